The fraction of sp³-hybridized carbons (Fsp3) is 0.455. The minimum Gasteiger partial charge on any atom is -0.395 e. The van der Waals surface area contributed by atoms with E-state index in [0.717, 1.165) is 22.3 Å². The van der Waals surface area contributed by atoms with Crippen LogP contribution in [0.1, 0.15) is 12.5 Å². The maximum Gasteiger partial charge on any atom is 0.0606 e. The molecule has 0 aliphatic heterocycles. The Labute approximate surface area is 99.0 Å². The van der Waals surface area contributed by atoms with Gasteiger partial charge in [-0.3, -0.25) is 0 Å². The van der Waals surface area contributed by atoms with Crippen LogP contribution in [0.4, 0.5) is 5.69 Å². The topological polar surface area (TPSA) is 49.5 Å². The molecule has 0 aliphatic rings. The Morgan fingerprint density at radius 2 is 2.20 bits per heavy atom. The van der Waals surface area contributed by atoms with Crippen LogP contribution < -0.4 is 10.6 Å². The molecule has 0 unspecified atom stereocenters. The highest BCUT2D eigenvalue weighted by Gasteiger charge is 2.08. The molecule has 1 rings (SSSR count). The standard InChI is InChI=1S/C11H17BrN2O/c1-2-14(5-6-15)11-7-10(12)4-3-9(11)8-13/h3-4,7,15H,2,5-6,8,13H2,1H3. The molecule has 0 spiro atoms. The van der Waals surface area contributed by atoms with E-state index in [0.29, 0.717) is 13.1 Å². The predicted molar refractivity (Wildman–Crippen MR) is 67.0 cm³/mol. The summed E-state index contributed by atoms with van der Waals surface area (Å²) in [4.78, 5) is 2.12. The van der Waals surface area contributed by atoms with Crippen LogP contribution >= 0.6 is 15.9 Å². The van der Waals surface area contributed by atoms with Crippen molar-refractivity contribution in [3.8, 4) is 0 Å². The van der Waals surface area contributed by atoms with Gasteiger partial charge in [0.05, 0.1) is 6.61 Å². The third-order valence-electron chi connectivity index (χ3n) is 2.36. The molecule has 0 bridgehead atoms. The van der Waals surface area contributed by atoms with Crippen molar-refractivity contribution in [2.45, 2.75) is 13.5 Å². The number of nitrogens with zero attached hydrogens (tertiary/aromatic N) is 1. The number of halogens is 1. The van der Waals surface area contributed by atoms with E-state index in [4.69, 9.17) is 10.8 Å². The first-order valence-electron chi connectivity index (χ1n) is 5.07. The number of benzene rings is 1. The Bertz CT molecular complexity index is 317. The Kier molecular flexibility index (Phi) is 5.08. The highest BCUT2D eigenvalue weighted by Crippen LogP contribution is 2.24. The van der Waals surface area contributed by atoms with Gasteiger partial charge in [-0.1, -0.05) is 22.0 Å². The lowest BCUT2D eigenvalue weighted by atomic mass is 10.1. The summed E-state index contributed by atoms with van der Waals surface area (Å²) in [6.07, 6.45) is 0. The normalized spacial score (nSPS) is 10.4. The van der Waals surface area contributed by atoms with Crippen molar-refractivity contribution in [2.75, 3.05) is 24.6 Å². The van der Waals surface area contributed by atoms with Crippen LogP contribution in [-0.4, -0.2) is 24.8 Å². The second kappa shape index (κ2) is 6.10. The van der Waals surface area contributed by atoms with Crippen LogP contribution in [0.3, 0.4) is 0 Å². The van der Waals surface area contributed by atoms with Crippen LogP contribution in [-0.2, 0) is 6.54 Å². The average molecular weight is 273 g/mol. The zero-order valence-electron chi connectivity index (χ0n) is 8.91. The molecule has 1 aromatic rings. The Morgan fingerprint density at radius 1 is 1.47 bits per heavy atom. The van der Waals surface area contributed by atoms with E-state index in [1.165, 1.54) is 0 Å². The van der Waals surface area contributed by atoms with Crippen molar-refractivity contribution in [3.63, 3.8) is 0 Å². The summed E-state index contributed by atoms with van der Waals surface area (Å²) in [7, 11) is 0. The smallest absolute Gasteiger partial charge is 0.0606 e. The van der Waals surface area contributed by atoms with Gasteiger partial charge in [0.2, 0.25) is 0 Å². The first-order valence-corrected chi connectivity index (χ1v) is 5.86. The first kappa shape index (κ1) is 12.5. The molecule has 84 valence electrons. The van der Waals surface area contributed by atoms with E-state index < -0.39 is 0 Å². The van der Waals surface area contributed by atoms with Gasteiger partial charge in [0, 0.05) is 29.8 Å². The summed E-state index contributed by atoms with van der Waals surface area (Å²) in [6, 6.07) is 6.04. The molecule has 1 aromatic carbocycles. The highest BCUT2D eigenvalue weighted by molar-refractivity contribution is 9.10. The number of aliphatic hydroxyl groups excluding tert-OH is 1. The number of nitrogens with two attached hydrogens (primary N) is 1. The molecule has 3 N–H and O–H groups in total. The van der Waals surface area contributed by atoms with Crippen LogP contribution in [0.2, 0.25) is 0 Å². The van der Waals surface area contributed by atoms with E-state index in [2.05, 4.69) is 27.8 Å². The lowest BCUT2D eigenvalue weighted by Crippen LogP contribution is -2.27. The quantitative estimate of drug-likeness (QED) is 0.859. The van der Waals surface area contributed by atoms with Crippen molar-refractivity contribution in [1.82, 2.24) is 0 Å². The summed E-state index contributed by atoms with van der Waals surface area (Å²) in [5.74, 6) is 0. The second-order valence-corrected chi connectivity index (χ2v) is 4.20. The lowest BCUT2D eigenvalue weighted by molar-refractivity contribution is 0.302. The number of anilines is 1. The molecule has 0 heterocycles. The molecule has 0 saturated carbocycles. The summed E-state index contributed by atoms with van der Waals surface area (Å²) in [6.45, 7) is 4.25. The summed E-state index contributed by atoms with van der Waals surface area (Å²) < 4.78 is 1.03. The molecule has 0 atom stereocenters. The maximum absolute atomic E-state index is 8.98. The third-order valence-corrected chi connectivity index (χ3v) is 2.85. The Hall–Kier alpha value is -0.580. The van der Waals surface area contributed by atoms with Gasteiger partial charge in [0.1, 0.15) is 0 Å². The zero-order chi connectivity index (χ0) is 11.3. The van der Waals surface area contributed by atoms with E-state index in [-0.39, 0.29) is 6.61 Å². The SMILES string of the molecule is CCN(CCO)c1cc(Br)ccc1CN. The first-order chi connectivity index (χ1) is 7.22. The van der Waals surface area contributed by atoms with Crippen molar-refractivity contribution < 1.29 is 5.11 Å². The van der Waals surface area contributed by atoms with Crippen LogP contribution in [0.25, 0.3) is 0 Å². The van der Waals surface area contributed by atoms with Crippen molar-refractivity contribution in [2.24, 2.45) is 5.73 Å². The summed E-state index contributed by atoms with van der Waals surface area (Å²) in [5, 5.41) is 8.98. The molecule has 4 heteroatoms. The van der Waals surface area contributed by atoms with Crippen molar-refractivity contribution >= 4 is 21.6 Å². The van der Waals surface area contributed by atoms with Crippen LogP contribution in [0.15, 0.2) is 22.7 Å². The van der Waals surface area contributed by atoms with Crippen molar-refractivity contribution in [3.05, 3.63) is 28.2 Å². The molecule has 0 aromatic heterocycles. The average Bonchev–Trinajstić information content (AvgIpc) is 2.26. The van der Waals surface area contributed by atoms with Gasteiger partial charge in [-0.2, -0.15) is 0 Å². The largest absolute Gasteiger partial charge is 0.395 e. The number of hydrogen-bond acceptors (Lipinski definition) is 3. The molecule has 0 amide bonds. The van der Waals surface area contributed by atoms with Gasteiger partial charge in [-0.15, -0.1) is 0 Å². The fourth-order valence-electron chi connectivity index (χ4n) is 1.57. The summed E-state index contributed by atoms with van der Waals surface area (Å²) in [5.41, 5.74) is 7.89. The minimum absolute atomic E-state index is 0.157. The molecular formula is C11H17BrN2O. The van der Waals surface area contributed by atoms with Gasteiger partial charge in [-0.25, -0.2) is 0 Å². The number of aliphatic hydroxyl groups is 1. The highest BCUT2D eigenvalue weighted by atomic mass is 79.9. The molecular weight excluding hydrogens is 256 g/mol. The molecule has 15 heavy (non-hydrogen) atoms. The van der Waals surface area contributed by atoms with Gasteiger partial charge in [-0.05, 0) is 24.6 Å². The second-order valence-electron chi connectivity index (χ2n) is 3.28. The van der Waals surface area contributed by atoms with Crippen LogP contribution in [0, 0.1) is 0 Å². The number of likely N-dealkylation sites (N-methyl/N-ethyl adjacent to an activating group) is 1. The fourth-order valence-corrected chi connectivity index (χ4v) is 1.92. The number of hydrogen-bond donors (Lipinski definition) is 2. The molecule has 0 radical (unpaired) electrons. The predicted octanol–water partition coefficient (Wildman–Crippen LogP) is 1.73. The van der Waals surface area contributed by atoms with Gasteiger partial charge < -0.3 is 15.7 Å². The minimum atomic E-state index is 0.157. The van der Waals surface area contributed by atoms with E-state index in [1.807, 2.05) is 18.2 Å². The van der Waals surface area contributed by atoms with E-state index >= 15 is 0 Å². The van der Waals surface area contributed by atoms with Gasteiger partial charge in [0.25, 0.3) is 0 Å². The Balaban J connectivity index is 3.02. The molecule has 0 saturated heterocycles. The third kappa shape index (κ3) is 3.19. The molecule has 3 nitrogen and oxygen atoms in total. The molecule has 0 fully saturated rings. The van der Waals surface area contributed by atoms with Gasteiger partial charge >= 0.3 is 0 Å². The summed E-state index contributed by atoms with van der Waals surface area (Å²) >= 11 is 3.44. The van der Waals surface area contributed by atoms with Crippen molar-refractivity contribution in [1.29, 1.82) is 0 Å². The van der Waals surface area contributed by atoms with E-state index in [1.54, 1.807) is 0 Å². The number of rotatable bonds is 5. The molecule has 0 aliphatic carbocycles. The lowest BCUT2D eigenvalue weighted by Gasteiger charge is -2.24. The monoisotopic (exact) mass is 272 g/mol. The zero-order valence-corrected chi connectivity index (χ0v) is 10.5. The van der Waals surface area contributed by atoms with E-state index in [9.17, 15) is 0 Å². The van der Waals surface area contributed by atoms with Crippen LogP contribution in [0.5, 0.6) is 0 Å². The Morgan fingerprint density at radius 3 is 2.73 bits per heavy atom. The van der Waals surface area contributed by atoms with Gasteiger partial charge in [0.15, 0.2) is 0 Å². The maximum atomic E-state index is 8.98.